The average molecular weight is 217 g/mol. The first-order valence-electron chi connectivity index (χ1n) is 6.09. The van der Waals surface area contributed by atoms with Gasteiger partial charge in [-0.3, -0.25) is 4.79 Å². The molecular weight excluding hydrogens is 198 g/mol. The molecule has 2 rings (SSSR count). The Kier molecular flexibility index (Phi) is 3.28. The number of amides is 1. The number of benzene rings is 1. The summed E-state index contributed by atoms with van der Waals surface area (Å²) in [6.45, 7) is 5.02. The molecular formula is C14H19NO. The normalized spacial score (nSPS) is 22.9. The molecule has 2 atom stereocenters. The Hall–Kier alpha value is -1.31. The van der Waals surface area contributed by atoms with E-state index in [0.29, 0.717) is 5.92 Å². The van der Waals surface area contributed by atoms with Crippen molar-refractivity contribution in [1.82, 2.24) is 5.32 Å². The van der Waals surface area contributed by atoms with Gasteiger partial charge < -0.3 is 5.32 Å². The van der Waals surface area contributed by atoms with Crippen LogP contribution in [0.2, 0.25) is 0 Å². The van der Waals surface area contributed by atoms with Gasteiger partial charge in [-0.15, -0.1) is 0 Å². The Bertz CT molecular complexity index is 386. The first-order valence-corrected chi connectivity index (χ1v) is 6.09. The molecule has 0 fully saturated rings. The number of rotatable bonds is 3. The summed E-state index contributed by atoms with van der Waals surface area (Å²) in [6, 6.07) is 8.39. The molecule has 0 unspecified atom stereocenters. The van der Waals surface area contributed by atoms with E-state index >= 15 is 0 Å². The van der Waals surface area contributed by atoms with Crippen LogP contribution in [-0.4, -0.2) is 12.5 Å². The summed E-state index contributed by atoms with van der Waals surface area (Å²) in [6.07, 6.45) is 1.90. The van der Waals surface area contributed by atoms with Crippen molar-refractivity contribution < 1.29 is 4.79 Å². The van der Waals surface area contributed by atoms with E-state index in [1.54, 1.807) is 0 Å². The van der Waals surface area contributed by atoms with Crippen LogP contribution in [0.3, 0.4) is 0 Å². The first kappa shape index (κ1) is 11.2. The quantitative estimate of drug-likeness (QED) is 0.828. The highest BCUT2D eigenvalue weighted by Crippen LogP contribution is 2.37. The monoisotopic (exact) mass is 217 g/mol. The molecule has 0 bridgehead atoms. The average Bonchev–Trinajstić information content (AvgIpc) is 2.64. The van der Waals surface area contributed by atoms with Crippen LogP contribution >= 0.6 is 0 Å². The van der Waals surface area contributed by atoms with Crippen molar-refractivity contribution in [1.29, 1.82) is 0 Å². The van der Waals surface area contributed by atoms with Crippen LogP contribution in [0.15, 0.2) is 24.3 Å². The zero-order valence-corrected chi connectivity index (χ0v) is 9.99. The summed E-state index contributed by atoms with van der Waals surface area (Å²) in [5.74, 6) is 0.697. The van der Waals surface area contributed by atoms with Gasteiger partial charge in [0.2, 0.25) is 5.91 Å². The standard InChI is InChI=1S/C14H19NO/c1-3-8-15-14(16)13-9-11-6-4-5-7-12(11)10(13)2/h4-7,10,13H,3,8-9H2,1-2H3,(H,15,16)/t10-,13+/m1/s1. The van der Waals surface area contributed by atoms with E-state index in [1.165, 1.54) is 11.1 Å². The highest BCUT2D eigenvalue weighted by atomic mass is 16.1. The third-order valence-corrected chi connectivity index (χ3v) is 3.48. The van der Waals surface area contributed by atoms with Crippen LogP contribution in [0, 0.1) is 5.92 Å². The molecule has 0 saturated carbocycles. The van der Waals surface area contributed by atoms with E-state index < -0.39 is 0 Å². The van der Waals surface area contributed by atoms with Crippen LogP contribution in [0.4, 0.5) is 0 Å². The van der Waals surface area contributed by atoms with Crippen LogP contribution in [0.1, 0.15) is 37.3 Å². The molecule has 1 aliphatic carbocycles. The fraction of sp³-hybridized carbons (Fsp3) is 0.500. The SMILES string of the molecule is CCCNC(=O)[C@H]1Cc2ccccc2[C@H]1C. The van der Waals surface area contributed by atoms with Gasteiger partial charge in [0.15, 0.2) is 0 Å². The first-order chi connectivity index (χ1) is 7.74. The Labute approximate surface area is 97.1 Å². The molecule has 1 aliphatic rings. The lowest BCUT2D eigenvalue weighted by atomic mass is 9.94. The van der Waals surface area contributed by atoms with Gasteiger partial charge in [-0.1, -0.05) is 38.1 Å². The number of hydrogen-bond donors (Lipinski definition) is 1. The van der Waals surface area contributed by atoms with Crippen LogP contribution in [-0.2, 0) is 11.2 Å². The highest BCUT2D eigenvalue weighted by Gasteiger charge is 2.33. The summed E-state index contributed by atoms with van der Waals surface area (Å²) in [5.41, 5.74) is 2.69. The van der Waals surface area contributed by atoms with Crippen molar-refractivity contribution in [3.05, 3.63) is 35.4 Å². The third kappa shape index (κ3) is 1.97. The van der Waals surface area contributed by atoms with Crippen molar-refractivity contribution in [2.75, 3.05) is 6.54 Å². The molecule has 2 heteroatoms. The minimum atomic E-state index is 0.129. The van der Waals surface area contributed by atoms with Crippen LogP contribution < -0.4 is 5.32 Å². The molecule has 2 nitrogen and oxygen atoms in total. The summed E-state index contributed by atoms with van der Waals surface area (Å²) < 4.78 is 0. The predicted octanol–water partition coefficient (Wildman–Crippen LogP) is 2.49. The molecule has 0 heterocycles. The van der Waals surface area contributed by atoms with Crippen molar-refractivity contribution in [3.8, 4) is 0 Å². The van der Waals surface area contributed by atoms with Crippen molar-refractivity contribution >= 4 is 5.91 Å². The number of fused-ring (bicyclic) bond motifs is 1. The van der Waals surface area contributed by atoms with Gasteiger partial charge >= 0.3 is 0 Å². The van der Waals surface area contributed by atoms with Gasteiger partial charge in [0.25, 0.3) is 0 Å². The second-order valence-electron chi connectivity index (χ2n) is 4.59. The second kappa shape index (κ2) is 4.69. The van der Waals surface area contributed by atoms with Crippen LogP contribution in [0.25, 0.3) is 0 Å². The minimum absolute atomic E-state index is 0.129. The molecule has 1 N–H and O–H groups in total. The van der Waals surface area contributed by atoms with Gasteiger partial charge in [-0.2, -0.15) is 0 Å². The third-order valence-electron chi connectivity index (χ3n) is 3.48. The zero-order valence-electron chi connectivity index (χ0n) is 9.99. The summed E-state index contributed by atoms with van der Waals surface area (Å²) in [5, 5.41) is 3.00. The maximum atomic E-state index is 12.0. The lowest BCUT2D eigenvalue weighted by Gasteiger charge is -2.15. The predicted molar refractivity (Wildman–Crippen MR) is 65.4 cm³/mol. The molecule has 0 saturated heterocycles. The lowest BCUT2D eigenvalue weighted by Crippen LogP contribution is -2.32. The molecule has 0 aromatic heterocycles. The molecule has 86 valence electrons. The molecule has 16 heavy (non-hydrogen) atoms. The summed E-state index contributed by atoms with van der Waals surface area (Å²) in [7, 11) is 0. The number of carbonyl (C=O) groups excluding carboxylic acids is 1. The molecule has 0 aliphatic heterocycles. The highest BCUT2D eigenvalue weighted by molar-refractivity contribution is 5.81. The van der Waals surface area contributed by atoms with Crippen molar-refractivity contribution in [2.24, 2.45) is 5.92 Å². The van der Waals surface area contributed by atoms with Crippen molar-refractivity contribution in [2.45, 2.75) is 32.6 Å². The number of hydrogen-bond acceptors (Lipinski definition) is 1. The van der Waals surface area contributed by atoms with Crippen LogP contribution in [0.5, 0.6) is 0 Å². The van der Waals surface area contributed by atoms with E-state index in [-0.39, 0.29) is 11.8 Å². The topological polar surface area (TPSA) is 29.1 Å². The number of carbonyl (C=O) groups is 1. The fourth-order valence-electron chi connectivity index (χ4n) is 2.49. The molecule has 1 aromatic carbocycles. The molecule has 1 amide bonds. The Morgan fingerprint density at radius 3 is 2.88 bits per heavy atom. The molecule has 0 spiro atoms. The minimum Gasteiger partial charge on any atom is -0.356 e. The fourth-order valence-corrected chi connectivity index (χ4v) is 2.49. The molecule has 0 radical (unpaired) electrons. The second-order valence-corrected chi connectivity index (χ2v) is 4.59. The Morgan fingerprint density at radius 1 is 1.44 bits per heavy atom. The summed E-state index contributed by atoms with van der Waals surface area (Å²) in [4.78, 5) is 12.0. The number of nitrogens with one attached hydrogen (secondary N) is 1. The smallest absolute Gasteiger partial charge is 0.224 e. The van der Waals surface area contributed by atoms with Gasteiger partial charge in [0, 0.05) is 12.5 Å². The lowest BCUT2D eigenvalue weighted by molar-refractivity contribution is -0.125. The van der Waals surface area contributed by atoms with E-state index in [1.807, 2.05) is 0 Å². The zero-order chi connectivity index (χ0) is 11.5. The van der Waals surface area contributed by atoms with Gasteiger partial charge in [-0.05, 0) is 29.9 Å². The molecule has 1 aromatic rings. The van der Waals surface area contributed by atoms with Gasteiger partial charge in [-0.25, -0.2) is 0 Å². The van der Waals surface area contributed by atoms with E-state index in [0.717, 1.165) is 19.4 Å². The van der Waals surface area contributed by atoms with Gasteiger partial charge in [0.05, 0.1) is 0 Å². The maximum Gasteiger partial charge on any atom is 0.224 e. The maximum absolute atomic E-state index is 12.0. The van der Waals surface area contributed by atoms with E-state index in [2.05, 4.69) is 43.4 Å². The van der Waals surface area contributed by atoms with E-state index in [9.17, 15) is 4.79 Å². The van der Waals surface area contributed by atoms with E-state index in [4.69, 9.17) is 0 Å². The largest absolute Gasteiger partial charge is 0.356 e. The van der Waals surface area contributed by atoms with Crippen molar-refractivity contribution in [3.63, 3.8) is 0 Å². The van der Waals surface area contributed by atoms with Gasteiger partial charge in [0.1, 0.15) is 0 Å². The Balaban J connectivity index is 2.09. The Morgan fingerprint density at radius 2 is 2.19 bits per heavy atom. The summed E-state index contributed by atoms with van der Waals surface area (Å²) >= 11 is 0.